The van der Waals surface area contributed by atoms with Crippen molar-refractivity contribution in [3.8, 4) is 0 Å². The molecule has 18 heteroatoms. The number of carbonyl (C=O) groups is 2. The van der Waals surface area contributed by atoms with Crippen molar-refractivity contribution in [1.29, 1.82) is 0 Å². The molecule has 2 atom stereocenters. The van der Waals surface area contributed by atoms with Crippen molar-refractivity contribution in [2.45, 2.75) is 50.6 Å². The van der Waals surface area contributed by atoms with Gasteiger partial charge in [0.2, 0.25) is 0 Å². The van der Waals surface area contributed by atoms with Gasteiger partial charge in [0.25, 0.3) is 11.8 Å². The Hall–Kier alpha value is -3.93. The second kappa shape index (κ2) is 11.2. The van der Waals surface area contributed by atoms with Crippen molar-refractivity contribution >= 4 is 17.6 Å². The highest BCUT2D eigenvalue weighted by molar-refractivity contribution is 5.93. The van der Waals surface area contributed by atoms with Gasteiger partial charge in [0, 0.05) is 12.7 Å². The maximum absolute atomic E-state index is 14.1. The summed E-state index contributed by atoms with van der Waals surface area (Å²) in [4.78, 5) is 30.5. The number of aromatic nitrogens is 5. The molecule has 0 spiro atoms. The van der Waals surface area contributed by atoms with Gasteiger partial charge in [-0.05, 0) is 32.0 Å². The lowest BCUT2D eigenvalue weighted by molar-refractivity contribution is -0.265. The average molecular weight is 591 g/mol. The predicted molar refractivity (Wildman–Crippen MR) is 128 cm³/mol. The number of nitrogens with one attached hydrogen (secondary N) is 2. The van der Waals surface area contributed by atoms with E-state index in [-0.39, 0.29) is 29.3 Å². The Morgan fingerprint density at radius 2 is 2.00 bits per heavy atom. The molecule has 3 amide bonds. The summed E-state index contributed by atoms with van der Waals surface area (Å²) in [5, 5.41) is 15.9. The minimum Gasteiger partial charge on any atom is -0.382 e. The van der Waals surface area contributed by atoms with Crippen LogP contribution in [0.4, 0.5) is 26.7 Å². The zero-order chi connectivity index (χ0) is 30.2. The maximum atomic E-state index is 14.1. The number of fused-ring (bicyclic) bond motifs is 1. The number of hydrogen-bond donors (Lipinski definition) is 2. The first kappa shape index (κ1) is 30.0. The van der Waals surface area contributed by atoms with E-state index in [1.165, 1.54) is 37.0 Å². The summed E-state index contributed by atoms with van der Waals surface area (Å²) in [6, 6.07) is -1.43. The van der Waals surface area contributed by atoms with Gasteiger partial charge in [0.05, 0.1) is 56.5 Å². The van der Waals surface area contributed by atoms with Gasteiger partial charge < -0.3 is 25.0 Å². The van der Waals surface area contributed by atoms with Gasteiger partial charge in [0.15, 0.2) is 16.9 Å². The summed E-state index contributed by atoms with van der Waals surface area (Å²) >= 11 is 0. The SMILES string of the molecule is COCC(c1cnn2cc([C@H](COC(C)(C)C(F)(F)F)NC(=O)c3nonc3C)nc2c1)N1CC(F)(F)CNC1=O. The molecule has 1 aliphatic heterocycles. The molecule has 0 bridgehead atoms. The van der Waals surface area contributed by atoms with Crippen molar-refractivity contribution in [3.05, 3.63) is 41.1 Å². The van der Waals surface area contributed by atoms with Gasteiger partial charge in [-0.3, -0.25) is 4.79 Å². The van der Waals surface area contributed by atoms with Gasteiger partial charge in [-0.15, -0.1) is 0 Å². The third-order valence-electron chi connectivity index (χ3n) is 6.43. The lowest BCUT2D eigenvalue weighted by Crippen LogP contribution is -2.58. The molecule has 4 heterocycles. The molecule has 1 unspecified atom stereocenters. The first-order chi connectivity index (χ1) is 19.1. The highest BCUT2D eigenvalue weighted by Gasteiger charge is 2.49. The normalized spacial score (nSPS) is 17.4. The van der Waals surface area contributed by atoms with Crippen LogP contribution in [0.25, 0.3) is 5.65 Å². The fraction of sp³-hybridized carbons (Fsp3) is 0.565. The molecule has 1 aliphatic rings. The standard InChI is InChI=1S/C23H27F5N8O5/c1-12-18(34-41-33-12)19(37)32-15(8-40-21(2,3)23(26,27)28)14-7-36-17(31-14)5-13(6-30-36)16(9-39-4)35-11-22(24,25)10-29-20(35)38/h5-7,15-16H,8-11H2,1-4H3,(H,29,38)(H,32,37)/t15-,16?/m0/s1. The Morgan fingerprint density at radius 3 is 2.63 bits per heavy atom. The van der Waals surface area contributed by atoms with Crippen molar-refractivity contribution in [2.75, 3.05) is 33.4 Å². The fourth-order valence-corrected chi connectivity index (χ4v) is 3.96. The molecule has 1 saturated heterocycles. The Labute approximate surface area is 229 Å². The zero-order valence-corrected chi connectivity index (χ0v) is 22.3. The van der Waals surface area contributed by atoms with E-state index >= 15 is 0 Å². The van der Waals surface area contributed by atoms with Crippen LogP contribution >= 0.6 is 0 Å². The number of amides is 3. The van der Waals surface area contributed by atoms with Gasteiger partial charge in [0.1, 0.15) is 5.69 Å². The van der Waals surface area contributed by atoms with Crippen LogP contribution in [0.5, 0.6) is 0 Å². The van der Waals surface area contributed by atoms with E-state index in [0.717, 1.165) is 18.7 Å². The van der Waals surface area contributed by atoms with E-state index in [2.05, 4.69) is 35.7 Å². The number of urea groups is 1. The zero-order valence-electron chi connectivity index (χ0n) is 22.3. The summed E-state index contributed by atoms with van der Waals surface area (Å²) in [6.45, 7) is 0.695. The average Bonchev–Trinajstić information content (AvgIpc) is 3.51. The number of methoxy groups -OCH3 is 1. The van der Waals surface area contributed by atoms with Crippen LogP contribution in [0, 0.1) is 6.92 Å². The van der Waals surface area contributed by atoms with E-state index < -0.39 is 61.4 Å². The minimum atomic E-state index is -4.71. The molecule has 4 rings (SSSR count). The largest absolute Gasteiger partial charge is 0.416 e. The van der Waals surface area contributed by atoms with Crippen molar-refractivity contribution in [3.63, 3.8) is 0 Å². The lowest BCUT2D eigenvalue weighted by atomic mass is 10.1. The number of rotatable bonds is 10. The van der Waals surface area contributed by atoms with Crippen LogP contribution in [-0.2, 0) is 9.47 Å². The van der Waals surface area contributed by atoms with E-state index in [4.69, 9.17) is 9.47 Å². The molecule has 13 nitrogen and oxygen atoms in total. The number of halogens is 5. The highest BCUT2D eigenvalue weighted by Crippen LogP contribution is 2.34. The number of imidazole rings is 1. The summed E-state index contributed by atoms with van der Waals surface area (Å²) in [7, 11) is 1.34. The molecule has 1 fully saturated rings. The van der Waals surface area contributed by atoms with Crippen LogP contribution < -0.4 is 10.6 Å². The number of aryl methyl sites for hydroxylation is 1. The fourth-order valence-electron chi connectivity index (χ4n) is 3.96. The number of alkyl halides is 5. The van der Waals surface area contributed by atoms with Crippen LogP contribution in [0.1, 0.15) is 53.4 Å². The quantitative estimate of drug-likeness (QED) is 0.340. The molecular weight excluding hydrogens is 563 g/mol. The molecule has 3 aromatic rings. The molecule has 0 aromatic carbocycles. The number of nitrogens with zero attached hydrogens (tertiary/aromatic N) is 6. The Morgan fingerprint density at radius 1 is 1.27 bits per heavy atom. The maximum Gasteiger partial charge on any atom is 0.416 e. The van der Waals surface area contributed by atoms with E-state index in [1.54, 1.807) is 0 Å². The lowest BCUT2D eigenvalue weighted by Gasteiger charge is -2.38. The van der Waals surface area contributed by atoms with Gasteiger partial charge in [-0.1, -0.05) is 5.16 Å². The van der Waals surface area contributed by atoms with Gasteiger partial charge >= 0.3 is 12.2 Å². The molecule has 0 radical (unpaired) electrons. The van der Waals surface area contributed by atoms with Crippen LogP contribution in [0.15, 0.2) is 23.1 Å². The molecule has 0 aliphatic carbocycles. The molecule has 0 saturated carbocycles. The highest BCUT2D eigenvalue weighted by atomic mass is 19.4. The smallest absolute Gasteiger partial charge is 0.382 e. The molecule has 224 valence electrons. The van der Waals surface area contributed by atoms with E-state index in [0.29, 0.717) is 5.56 Å². The number of hydrogen-bond acceptors (Lipinski definition) is 9. The topological polar surface area (TPSA) is 149 Å². The van der Waals surface area contributed by atoms with Crippen molar-refractivity contribution < 1.29 is 45.6 Å². The van der Waals surface area contributed by atoms with Crippen LogP contribution in [0.2, 0.25) is 0 Å². The summed E-state index contributed by atoms with van der Waals surface area (Å²) in [5.74, 6) is -3.98. The molecule has 3 aromatic heterocycles. The number of carbonyl (C=O) groups excluding carboxylic acids is 2. The van der Waals surface area contributed by atoms with E-state index in [1.807, 2.05) is 0 Å². The summed E-state index contributed by atoms with van der Waals surface area (Å²) in [5.41, 5.74) is -2.07. The third kappa shape index (κ3) is 6.53. The second-order valence-corrected chi connectivity index (χ2v) is 9.91. The Kier molecular flexibility index (Phi) is 8.17. The monoisotopic (exact) mass is 590 g/mol. The van der Waals surface area contributed by atoms with Crippen molar-refractivity contribution in [1.82, 2.24) is 40.4 Å². The minimum absolute atomic E-state index is 0.0700. The van der Waals surface area contributed by atoms with Crippen molar-refractivity contribution in [2.24, 2.45) is 0 Å². The van der Waals surface area contributed by atoms with E-state index in [9.17, 15) is 31.5 Å². The first-order valence-corrected chi connectivity index (χ1v) is 12.2. The predicted octanol–water partition coefficient (Wildman–Crippen LogP) is 2.60. The summed E-state index contributed by atoms with van der Waals surface area (Å²) < 4.78 is 84.6. The molecular formula is C23H27F5N8O5. The third-order valence-corrected chi connectivity index (χ3v) is 6.43. The van der Waals surface area contributed by atoms with Crippen LogP contribution in [-0.4, -0.2) is 92.9 Å². The Bertz CT molecular complexity index is 1410. The van der Waals surface area contributed by atoms with Crippen LogP contribution in [0.3, 0.4) is 0 Å². The first-order valence-electron chi connectivity index (χ1n) is 12.2. The summed E-state index contributed by atoms with van der Waals surface area (Å²) in [6.07, 6.45) is -2.03. The van der Waals surface area contributed by atoms with Gasteiger partial charge in [-0.25, -0.2) is 27.7 Å². The van der Waals surface area contributed by atoms with Gasteiger partial charge in [-0.2, -0.15) is 18.3 Å². The number of ether oxygens (including phenoxy) is 2. The molecule has 41 heavy (non-hydrogen) atoms. The second-order valence-electron chi connectivity index (χ2n) is 9.91. The molecule has 2 N–H and O–H groups in total. The Balaban J connectivity index is 1.66.